The number of carboxylic acid groups (broad SMARTS) is 1. The van der Waals surface area contributed by atoms with Gasteiger partial charge in [0.15, 0.2) is 0 Å². The molecular weight excluding hydrogens is 248 g/mol. The highest BCUT2D eigenvalue weighted by molar-refractivity contribution is 7.13. The van der Waals surface area contributed by atoms with E-state index in [1.54, 1.807) is 23.5 Å². The van der Waals surface area contributed by atoms with Gasteiger partial charge in [-0.25, -0.2) is 9.78 Å². The lowest BCUT2D eigenvalue weighted by molar-refractivity contribution is 0.0697. The van der Waals surface area contributed by atoms with Crippen LogP contribution in [0, 0.1) is 0 Å². The van der Waals surface area contributed by atoms with Crippen LogP contribution in [0.4, 0.5) is 5.82 Å². The van der Waals surface area contributed by atoms with Crippen LogP contribution in [0.3, 0.4) is 0 Å². The fourth-order valence-electron chi connectivity index (χ4n) is 1.72. The average Bonchev–Trinajstić information content (AvgIpc) is 2.99. The van der Waals surface area contributed by atoms with E-state index in [0.717, 1.165) is 17.7 Å². The van der Waals surface area contributed by atoms with Gasteiger partial charge in [0.2, 0.25) is 0 Å². The number of thiophene rings is 1. The predicted molar refractivity (Wildman–Crippen MR) is 71.2 cm³/mol. The molecule has 0 atom stereocenters. The second-order valence-corrected chi connectivity index (χ2v) is 5.28. The molecule has 0 radical (unpaired) electrons. The topological polar surface area (TPSA) is 62.2 Å². The molecule has 1 saturated carbocycles. The Morgan fingerprint density at radius 2 is 2.28 bits per heavy atom. The van der Waals surface area contributed by atoms with E-state index in [9.17, 15) is 4.79 Å². The van der Waals surface area contributed by atoms with Gasteiger partial charge in [-0.2, -0.15) is 0 Å². The molecule has 92 valence electrons. The van der Waals surface area contributed by atoms with E-state index in [1.807, 2.05) is 17.5 Å². The van der Waals surface area contributed by atoms with Crippen molar-refractivity contribution in [2.75, 3.05) is 5.32 Å². The highest BCUT2D eigenvalue weighted by atomic mass is 32.1. The highest BCUT2D eigenvalue weighted by Gasteiger charge is 2.22. The molecule has 1 fully saturated rings. The molecule has 0 bridgehead atoms. The van der Waals surface area contributed by atoms with Gasteiger partial charge >= 0.3 is 5.97 Å². The molecular formula is C13H12N2O2S. The quantitative estimate of drug-likeness (QED) is 0.886. The lowest BCUT2D eigenvalue weighted by atomic mass is 10.2. The largest absolute Gasteiger partial charge is 0.478 e. The number of aromatic nitrogens is 1. The number of pyridine rings is 1. The minimum absolute atomic E-state index is 0.275. The number of anilines is 1. The van der Waals surface area contributed by atoms with Crippen LogP contribution in [0.25, 0.3) is 10.6 Å². The summed E-state index contributed by atoms with van der Waals surface area (Å²) in [7, 11) is 0. The molecule has 1 aliphatic carbocycles. The standard InChI is InChI=1S/C13H12N2O2S/c16-13(17)8-6-10(11-2-1-5-18-11)15-12(7-8)14-9-3-4-9/h1-2,5-7,9H,3-4H2,(H,14,15)(H,16,17). The Kier molecular flexibility index (Phi) is 2.76. The summed E-state index contributed by atoms with van der Waals surface area (Å²) in [5.74, 6) is -0.269. The molecule has 0 amide bonds. The Morgan fingerprint density at radius 3 is 2.89 bits per heavy atom. The third-order valence-electron chi connectivity index (χ3n) is 2.78. The van der Waals surface area contributed by atoms with E-state index in [0.29, 0.717) is 17.6 Å². The van der Waals surface area contributed by atoms with Crippen molar-refractivity contribution in [2.24, 2.45) is 0 Å². The molecule has 0 spiro atoms. The maximum Gasteiger partial charge on any atom is 0.335 e. The van der Waals surface area contributed by atoms with Gasteiger partial charge < -0.3 is 10.4 Å². The van der Waals surface area contributed by atoms with Crippen LogP contribution in [-0.2, 0) is 0 Å². The van der Waals surface area contributed by atoms with Gasteiger partial charge in [-0.3, -0.25) is 0 Å². The van der Waals surface area contributed by atoms with Crippen LogP contribution >= 0.6 is 11.3 Å². The van der Waals surface area contributed by atoms with Crippen molar-refractivity contribution in [3.8, 4) is 10.6 Å². The summed E-state index contributed by atoms with van der Waals surface area (Å²) >= 11 is 1.56. The molecule has 0 saturated heterocycles. The van der Waals surface area contributed by atoms with Crippen molar-refractivity contribution in [3.05, 3.63) is 35.2 Å². The number of hydrogen-bond donors (Lipinski definition) is 2. The molecule has 4 nitrogen and oxygen atoms in total. The van der Waals surface area contributed by atoms with Crippen molar-refractivity contribution in [2.45, 2.75) is 18.9 Å². The first-order valence-electron chi connectivity index (χ1n) is 5.78. The van der Waals surface area contributed by atoms with Crippen molar-refractivity contribution < 1.29 is 9.90 Å². The number of nitrogens with zero attached hydrogens (tertiary/aromatic N) is 1. The normalized spacial score (nSPS) is 14.4. The van der Waals surface area contributed by atoms with E-state index in [1.165, 1.54) is 0 Å². The fraction of sp³-hybridized carbons (Fsp3) is 0.231. The van der Waals surface area contributed by atoms with Crippen molar-refractivity contribution in [1.82, 2.24) is 4.98 Å². The van der Waals surface area contributed by atoms with Gasteiger partial charge in [-0.15, -0.1) is 11.3 Å². The molecule has 2 aromatic heterocycles. The van der Waals surface area contributed by atoms with Gasteiger partial charge in [0, 0.05) is 6.04 Å². The summed E-state index contributed by atoms with van der Waals surface area (Å²) < 4.78 is 0. The van der Waals surface area contributed by atoms with Crippen LogP contribution in [0.2, 0.25) is 0 Å². The van der Waals surface area contributed by atoms with Crippen molar-refractivity contribution in [1.29, 1.82) is 0 Å². The van der Waals surface area contributed by atoms with Crippen LogP contribution in [-0.4, -0.2) is 22.1 Å². The van der Waals surface area contributed by atoms with E-state index in [-0.39, 0.29) is 5.56 Å². The number of carbonyl (C=O) groups is 1. The van der Waals surface area contributed by atoms with Gasteiger partial charge in [-0.05, 0) is 36.4 Å². The zero-order chi connectivity index (χ0) is 12.5. The molecule has 5 heteroatoms. The molecule has 2 N–H and O–H groups in total. The lowest BCUT2D eigenvalue weighted by Gasteiger charge is -2.07. The first kappa shape index (κ1) is 11.2. The maximum absolute atomic E-state index is 11.1. The fourth-order valence-corrected chi connectivity index (χ4v) is 2.40. The Balaban J connectivity index is 2.01. The highest BCUT2D eigenvalue weighted by Crippen LogP contribution is 2.28. The molecule has 18 heavy (non-hydrogen) atoms. The smallest absolute Gasteiger partial charge is 0.335 e. The van der Waals surface area contributed by atoms with Gasteiger partial charge in [0.05, 0.1) is 16.1 Å². The average molecular weight is 260 g/mol. The zero-order valence-electron chi connectivity index (χ0n) is 9.59. The minimum Gasteiger partial charge on any atom is -0.478 e. The van der Waals surface area contributed by atoms with Gasteiger partial charge in [0.1, 0.15) is 5.82 Å². The Labute approximate surface area is 108 Å². The van der Waals surface area contributed by atoms with Crippen molar-refractivity contribution in [3.63, 3.8) is 0 Å². The second-order valence-electron chi connectivity index (χ2n) is 4.33. The molecule has 2 heterocycles. The first-order chi connectivity index (χ1) is 8.72. The van der Waals surface area contributed by atoms with E-state index < -0.39 is 5.97 Å². The lowest BCUT2D eigenvalue weighted by Crippen LogP contribution is -2.06. The summed E-state index contributed by atoms with van der Waals surface area (Å²) in [5, 5.41) is 14.3. The summed E-state index contributed by atoms with van der Waals surface area (Å²) in [6.07, 6.45) is 2.26. The Hall–Kier alpha value is -1.88. The van der Waals surface area contributed by atoms with Crippen molar-refractivity contribution >= 4 is 23.1 Å². The van der Waals surface area contributed by atoms with Crippen LogP contribution < -0.4 is 5.32 Å². The Bertz CT molecular complexity index is 577. The van der Waals surface area contributed by atoms with Gasteiger partial charge in [-0.1, -0.05) is 6.07 Å². The number of aromatic carboxylic acids is 1. The summed E-state index contributed by atoms with van der Waals surface area (Å²) in [6.45, 7) is 0. The molecule has 0 unspecified atom stereocenters. The second kappa shape index (κ2) is 4.42. The van der Waals surface area contributed by atoms with E-state index >= 15 is 0 Å². The number of hydrogen-bond acceptors (Lipinski definition) is 4. The van der Waals surface area contributed by atoms with Crippen LogP contribution in [0.1, 0.15) is 23.2 Å². The number of carboxylic acids is 1. The van der Waals surface area contributed by atoms with Crippen LogP contribution in [0.5, 0.6) is 0 Å². The van der Waals surface area contributed by atoms with E-state index in [2.05, 4.69) is 10.3 Å². The number of rotatable bonds is 4. The molecule has 2 aromatic rings. The molecule has 0 aromatic carbocycles. The molecule has 0 aliphatic heterocycles. The maximum atomic E-state index is 11.1. The molecule has 1 aliphatic rings. The summed E-state index contributed by atoms with van der Waals surface area (Å²) in [5.41, 5.74) is 0.990. The first-order valence-corrected chi connectivity index (χ1v) is 6.66. The van der Waals surface area contributed by atoms with Crippen LogP contribution in [0.15, 0.2) is 29.6 Å². The SMILES string of the molecule is O=C(O)c1cc(NC2CC2)nc(-c2cccs2)c1. The van der Waals surface area contributed by atoms with Gasteiger partial charge in [0.25, 0.3) is 0 Å². The zero-order valence-corrected chi connectivity index (χ0v) is 10.4. The summed E-state index contributed by atoms with van der Waals surface area (Å²) in [4.78, 5) is 16.6. The third-order valence-corrected chi connectivity index (χ3v) is 3.67. The summed E-state index contributed by atoms with van der Waals surface area (Å²) in [6, 6.07) is 7.55. The monoisotopic (exact) mass is 260 g/mol. The Morgan fingerprint density at radius 1 is 1.44 bits per heavy atom. The predicted octanol–water partition coefficient (Wildman–Crippen LogP) is 3.08. The number of nitrogens with one attached hydrogen (secondary N) is 1. The third kappa shape index (κ3) is 2.36. The minimum atomic E-state index is -0.922. The van der Waals surface area contributed by atoms with E-state index in [4.69, 9.17) is 5.11 Å². The molecule has 3 rings (SSSR count).